The van der Waals surface area contributed by atoms with Crippen molar-refractivity contribution in [2.24, 2.45) is 17.6 Å². The number of hydrogen-bond donors (Lipinski definition) is 7. The molecule has 0 heterocycles. The maximum atomic E-state index is 13.9. The van der Waals surface area contributed by atoms with E-state index in [1.165, 1.54) is 31.1 Å². The number of alkyl halides is 1. The lowest BCUT2D eigenvalue weighted by Gasteiger charge is -2.53. The van der Waals surface area contributed by atoms with Crippen LogP contribution in [0.25, 0.3) is 0 Å². The fourth-order valence-electron chi connectivity index (χ4n) is 6.14. The SMILES string of the molecule is Br.CCC(C)(Br)C(=O)Nc1ccc2c(c1O)C(=O)C1=C(O)C3(O)C(=O)C(C(N)=O)=C(O)[C@@H](N(C)C)C3C(O)C1C2C. The second-order valence-corrected chi connectivity index (χ2v) is 12.7. The summed E-state index contributed by atoms with van der Waals surface area (Å²) in [6, 6.07) is 1.58. The molecule has 2 amide bonds. The van der Waals surface area contributed by atoms with Crippen LogP contribution in [-0.2, 0) is 14.4 Å². The largest absolute Gasteiger partial charge is 0.510 e. The number of amides is 2. The number of fused-ring (bicyclic) bond motifs is 3. The topological polar surface area (TPSA) is 211 Å². The number of benzene rings is 1. The van der Waals surface area contributed by atoms with Crippen LogP contribution in [0.2, 0.25) is 0 Å². The molecule has 14 heteroatoms. The molecule has 7 atom stereocenters. The first-order valence-electron chi connectivity index (χ1n) is 12.6. The number of Topliss-reactive ketones (excluding diaryl/α,β-unsaturated/α-hetero) is 2. The normalized spacial score (nSPS) is 30.6. The maximum Gasteiger partial charge on any atom is 0.255 e. The van der Waals surface area contributed by atoms with Crippen molar-refractivity contribution in [3.63, 3.8) is 0 Å². The summed E-state index contributed by atoms with van der Waals surface area (Å²) < 4.78 is -0.966. The number of halogens is 2. The number of ketones is 2. The zero-order valence-electron chi connectivity index (χ0n) is 22.9. The van der Waals surface area contributed by atoms with Gasteiger partial charge in [0.25, 0.3) is 5.91 Å². The van der Waals surface area contributed by atoms with Gasteiger partial charge in [-0.25, -0.2) is 0 Å². The van der Waals surface area contributed by atoms with E-state index in [9.17, 15) is 44.7 Å². The lowest BCUT2D eigenvalue weighted by Crippen LogP contribution is -2.68. The van der Waals surface area contributed by atoms with Crippen molar-refractivity contribution in [3.05, 3.63) is 45.9 Å². The molecule has 0 radical (unpaired) electrons. The van der Waals surface area contributed by atoms with E-state index < -0.39 is 91.6 Å². The molecule has 0 spiro atoms. The molecule has 1 aromatic rings. The molecule has 12 nitrogen and oxygen atoms in total. The molecule has 0 bridgehead atoms. The van der Waals surface area contributed by atoms with Crippen molar-refractivity contribution >= 4 is 62.0 Å². The van der Waals surface area contributed by atoms with Crippen LogP contribution in [-0.4, -0.2) is 90.0 Å². The van der Waals surface area contributed by atoms with Crippen LogP contribution in [0.4, 0.5) is 5.69 Å². The Hall–Kier alpha value is -2.78. The van der Waals surface area contributed by atoms with Gasteiger partial charge in [-0.05, 0) is 45.0 Å². The number of carbonyl (C=O) groups is 4. The van der Waals surface area contributed by atoms with Gasteiger partial charge >= 0.3 is 0 Å². The molecule has 1 aromatic carbocycles. The zero-order chi connectivity index (χ0) is 30.2. The summed E-state index contributed by atoms with van der Waals surface area (Å²) in [4.78, 5) is 53.5. The van der Waals surface area contributed by atoms with Crippen LogP contribution in [0.1, 0.15) is 49.0 Å². The third-order valence-electron chi connectivity index (χ3n) is 8.52. The van der Waals surface area contributed by atoms with Crippen LogP contribution >= 0.6 is 32.9 Å². The summed E-state index contributed by atoms with van der Waals surface area (Å²) in [5.41, 5.74) is 0.766. The number of nitrogens with one attached hydrogen (secondary N) is 1. The van der Waals surface area contributed by atoms with Gasteiger partial charge < -0.3 is 36.6 Å². The third-order valence-corrected chi connectivity index (χ3v) is 9.44. The number of aliphatic hydroxyl groups excluding tert-OH is 3. The molecule has 224 valence electrons. The fraction of sp³-hybridized carbons (Fsp3) is 0.481. The lowest BCUT2D eigenvalue weighted by molar-refractivity contribution is -0.162. The number of anilines is 1. The highest BCUT2D eigenvalue weighted by Gasteiger charge is 2.67. The summed E-state index contributed by atoms with van der Waals surface area (Å²) in [5.74, 6) is -10.3. The first kappa shape index (κ1) is 32.7. The van der Waals surface area contributed by atoms with Crippen molar-refractivity contribution in [1.29, 1.82) is 0 Å². The van der Waals surface area contributed by atoms with Gasteiger partial charge in [0.15, 0.2) is 17.1 Å². The van der Waals surface area contributed by atoms with Gasteiger partial charge in [-0.3, -0.25) is 24.1 Å². The number of nitrogens with two attached hydrogens (primary N) is 1. The standard InChI is InChI=1S/C27H32BrN3O9.BrH/c1-6-26(3,28)25(39)30-11-8-7-10-9(2)12-14(19(33)13(10)18(11)32)22(36)27(40)16(20(12)34)17(31(4)5)21(35)15(23(27)37)24(29)38;/h7-9,12,16-17,20,32,34-36,40H,6H2,1-5H3,(H2,29,38)(H,30,39);1H/t9?,12?,16?,17-,20?,26?,27?;/m0./s1. The van der Waals surface area contributed by atoms with E-state index in [0.717, 1.165) is 0 Å². The summed E-state index contributed by atoms with van der Waals surface area (Å²) >= 11 is 3.32. The number of nitrogens with zero attached hydrogens (tertiary/aromatic N) is 1. The molecule has 0 fully saturated rings. The Kier molecular flexibility index (Phi) is 8.63. The van der Waals surface area contributed by atoms with Crippen molar-refractivity contribution in [1.82, 2.24) is 4.90 Å². The van der Waals surface area contributed by atoms with Gasteiger partial charge in [-0.2, -0.15) is 0 Å². The van der Waals surface area contributed by atoms with Crippen LogP contribution in [0, 0.1) is 11.8 Å². The Morgan fingerprint density at radius 3 is 2.29 bits per heavy atom. The van der Waals surface area contributed by atoms with Gasteiger partial charge in [-0.1, -0.05) is 35.8 Å². The quantitative estimate of drug-likeness (QED) is 0.134. The van der Waals surface area contributed by atoms with Crippen LogP contribution in [0.15, 0.2) is 34.8 Å². The number of phenolic OH excluding ortho intramolecular Hbond substituents is 1. The van der Waals surface area contributed by atoms with Crippen LogP contribution < -0.4 is 11.1 Å². The first-order chi connectivity index (χ1) is 18.4. The Morgan fingerprint density at radius 2 is 1.78 bits per heavy atom. The minimum Gasteiger partial charge on any atom is -0.510 e. The van der Waals surface area contributed by atoms with E-state index in [2.05, 4.69) is 21.2 Å². The summed E-state index contributed by atoms with van der Waals surface area (Å²) in [6.45, 7) is 5.04. The molecule has 0 saturated carbocycles. The monoisotopic (exact) mass is 701 g/mol. The summed E-state index contributed by atoms with van der Waals surface area (Å²) in [5, 5.41) is 59.3. The van der Waals surface area contributed by atoms with Crippen molar-refractivity contribution in [2.75, 3.05) is 19.4 Å². The molecule has 41 heavy (non-hydrogen) atoms. The molecule has 3 aliphatic rings. The van der Waals surface area contributed by atoms with Crippen LogP contribution in [0.5, 0.6) is 5.75 Å². The van der Waals surface area contributed by atoms with Gasteiger partial charge in [0.2, 0.25) is 11.7 Å². The second-order valence-electron chi connectivity index (χ2n) is 11.0. The number of hydrogen-bond acceptors (Lipinski definition) is 10. The maximum absolute atomic E-state index is 13.9. The second kappa shape index (κ2) is 10.8. The third kappa shape index (κ3) is 4.51. The van der Waals surface area contributed by atoms with E-state index >= 15 is 0 Å². The fourth-order valence-corrected chi connectivity index (χ4v) is 6.24. The number of aromatic hydroxyl groups is 1. The molecular formula is C27H33Br2N3O9. The number of aliphatic hydroxyl groups is 4. The van der Waals surface area contributed by atoms with Crippen molar-refractivity contribution < 1.29 is 44.7 Å². The van der Waals surface area contributed by atoms with Gasteiger partial charge in [0.1, 0.15) is 21.4 Å². The van der Waals surface area contributed by atoms with Gasteiger partial charge in [0, 0.05) is 11.5 Å². The number of carbonyl (C=O) groups excluding carboxylic acids is 4. The molecule has 0 aromatic heterocycles. The van der Waals surface area contributed by atoms with E-state index in [4.69, 9.17) is 5.73 Å². The minimum atomic E-state index is -3.00. The Labute approximate surface area is 254 Å². The first-order valence-corrected chi connectivity index (χ1v) is 13.4. The highest BCUT2D eigenvalue weighted by atomic mass is 79.9. The molecule has 0 aliphatic heterocycles. The predicted octanol–water partition coefficient (Wildman–Crippen LogP) is 1.73. The Bertz CT molecular complexity index is 1420. The minimum absolute atomic E-state index is 0. The summed E-state index contributed by atoms with van der Waals surface area (Å²) in [6.07, 6.45) is -1.27. The smallest absolute Gasteiger partial charge is 0.255 e. The van der Waals surface area contributed by atoms with Crippen LogP contribution in [0.3, 0.4) is 0 Å². The Morgan fingerprint density at radius 1 is 1.20 bits per heavy atom. The van der Waals surface area contributed by atoms with E-state index in [1.807, 2.05) is 0 Å². The van der Waals surface area contributed by atoms with Gasteiger partial charge in [0.05, 0.1) is 29.3 Å². The number of primary amides is 1. The summed E-state index contributed by atoms with van der Waals surface area (Å²) in [7, 11) is 2.93. The number of phenols is 1. The molecule has 3 aliphatic carbocycles. The highest BCUT2D eigenvalue weighted by molar-refractivity contribution is 9.10. The zero-order valence-corrected chi connectivity index (χ0v) is 26.2. The van der Waals surface area contributed by atoms with Crippen molar-refractivity contribution in [2.45, 2.75) is 55.2 Å². The molecule has 0 saturated heterocycles. The van der Waals surface area contributed by atoms with E-state index in [-0.39, 0.29) is 28.2 Å². The van der Waals surface area contributed by atoms with E-state index in [0.29, 0.717) is 12.0 Å². The number of rotatable bonds is 5. The molecular weight excluding hydrogens is 670 g/mol. The Balaban J connectivity index is 0.00000462. The predicted molar refractivity (Wildman–Crippen MR) is 156 cm³/mol. The average molecular weight is 703 g/mol. The molecule has 8 N–H and O–H groups in total. The van der Waals surface area contributed by atoms with Gasteiger partial charge in [-0.15, -0.1) is 17.0 Å². The van der Waals surface area contributed by atoms with E-state index in [1.54, 1.807) is 20.8 Å². The molecule has 4 rings (SSSR count). The highest BCUT2D eigenvalue weighted by Crippen LogP contribution is 2.56. The average Bonchev–Trinajstić information content (AvgIpc) is 2.87. The van der Waals surface area contributed by atoms with Crippen molar-refractivity contribution in [3.8, 4) is 5.75 Å². The number of likely N-dealkylation sites (N-methyl/N-ethyl adjacent to an activating group) is 1. The molecule has 6 unspecified atom stereocenters. The lowest BCUT2D eigenvalue weighted by atomic mass is 9.55.